The molecule has 2 aromatic carbocycles. The third-order valence-corrected chi connectivity index (χ3v) is 5.89. The van der Waals surface area contributed by atoms with Crippen LogP contribution in [0.3, 0.4) is 0 Å². The molecule has 3 aromatic rings. The van der Waals surface area contributed by atoms with E-state index in [4.69, 9.17) is 4.74 Å². The van der Waals surface area contributed by atoms with Gasteiger partial charge in [0, 0.05) is 5.38 Å². The number of para-hydroxylation sites is 2. The standard InChI is InChI=1S/C18H17N3O4S2/c1-12-7-9-13(10-8-12)27(23,24)21-18-20-15(11-26-18)17(22)19-14-5-3-4-6-16(14)25-2/h3-11H,1-2H3,(H,19,22)(H,20,21). The lowest BCUT2D eigenvalue weighted by Gasteiger charge is -2.08. The minimum atomic E-state index is -3.77. The second kappa shape index (κ2) is 7.77. The number of aryl methyl sites for hydroxylation is 1. The lowest BCUT2D eigenvalue weighted by molar-refractivity contribution is 0.102. The maximum atomic E-state index is 12.4. The Bertz CT molecular complexity index is 1060. The Kier molecular flexibility index (Phi) is 5.43. The molecule has 0 bridgehead atoms. The number of amides is 1. The molecule has 1 amide bonds. The topological polar surface area (TPSA) is 97.4 Å². The highest BCUT2D eigenvalue weighted by atomic mass is 32.2. The maximum absolute atomic E-state index is 12.4. The second-order valence-corrected chi connectivity index (χ2v) is 8.15. The van der Waals surface area contributed by atoms with Gasteiger partial charge in [-0.15, -0.1) is 11.3 Å². The summed E-state index contributed by atoms with van der Waals surface area (Å²) in [6.45, 7) is 1.87. The van der Waals surface area contributed by atoms with Crippen molar-refractivity contribution < 1.29 is 17.9 Å². The van der Waals surface area contributed by atoms with Gasteiger partial charge in [0.2, 0.25) is 0 Å². The molecule has 0 aliphatic heterocycles. The summed E-state index contributed by atoms with van der Waals surface area (Å²) in [5.74, 6) is 0.0536. The van der Waals surface area contributed by atoms with E-state index in [2.05, 4.69) is 15.0 Å². The van der Waals surface area contributed by atoms with Crippen LogP contribution in [0, 0.1) is 6.92 Å². The van der Waals surface area contributed by atoms with Crippen molar-refractivity contribution >= 4 is 38.1 Å². The van der Waals surface area contributed by atoms with Crippen LogP contribution in [0.5, 0.6) is 5.75 Å². The highest BCUT2D eigenvalue weighted by Crippen LogP contribution is 2.25. The van der Waals surface area contributed by atoms with Crippen LogP contribution in [0.25, 0.3) is 0 Å². The average Bonchev–Trinajstić information content (AvgIpc) is 3.10. The molecule has 27 heavy (non-hydrogen) atoms. The molecule has 0 unspecified atom stereocenters. The van der Waals surface area contributed by atoms with Gasteiger partial charge in [-0.1, -0.05) is 29.8 Å². The molecular formula is C18H17N3O4S2. The molecule has 3 rings (SSSR count). The van der Waals surface area contributed by atoms with Crippen molar-refractivity contribution in [2.75, 3.05) is 17.1 Å². The van der Waals surface area contributed by atoms with Crippen LogP contribution in [0.15, 0.2) is 58.8 Å². The van der Waals surface area contributed by atoms with Crippen LogP contribution >= 0.6 is 11.3 Å². The number of carbonyl (C=O) groups excluding carboxylic acids is 1. The van der Waals surface area contributed by atoms with Crippen molar-refractivity contribution in [3.8, 4) is 5.75 Å². The number of benzene rings is 2. The number of thiazole rings is 1. The first-order valence-electron chi connectivity index (χ1n) is 7.88. The quantitative estimate of drug-likeness (QED) is 0.656. The molecule has 0 radical (unpaired) electrons. The summed E-state index contributed by atoms with van der Waals surface area (Å²) >= 11 is 1.03. The van der Waals surface area contributed by atoms with Crippen LogP contribution in [-0.2, 0) is 10.0 Å². The van der Waals surface area contributed by atoms with Gasteiger partial charge in [0.1, 0.15) is 11.4 Å². The Morgan fingerprint density at radius 1 is 1.11 bits per heavy atom. The van der Waals surface area contributed by atoms with Crippen LogP contribution in [0.2, 0.25) is 0 Å². The molecule has 9 heteroatoms. The Labute approximate surface area is 161 Å². The minimum absolute atomic E-state index is 0.104. The van der Waals surface area contributed by atoms with E-state index in [1.807, 2.05) is 6.92 Å². The van der Waals surface area contributed by atoms with Crippen molar-refractivity contribution in [3.05, 3.63) is 65.2 Å². The highest BCUT2D eigenvalue weighted by Gasteiger charge is 2.18. The SMILES string of the molecule is COc1ccccc1NC(=O)c1csc(NS(=O)(=O)c2ccc(C)cc2)n1. The molecule has 1 aromatic heterocycles. The highest BCUT2D eigenvalue weighted by molar-refractivity contribution is 7.93. The molecule has 2 N–H and O–H groups in total. The molecule has 1 heterocycles. The van der Waals surface area contributed by atoms with Gasteiger partial charge in [0.05, 0.1) is 17.7 Å². The largest absolute Gasteiger partial charge is 0.495 e. The van der Waals surface area contributed by atoms with Crippen molar-refractivity contribution in [1.29, 1.82) is 0 Å². The average molecular weight is 403 g/mol. The summed E-state index contributed by atoms with van der Waals surface area (Å²) in [5, 5.41) is 4.29. The van der Waals surface area contributed by atoms with E-state index in [1.54, 1.807) is 36.4 Å². The van der Waals surface area contributed by atoms with E-state index in [0.29, 0.717) is 11.4 Å². The van der Waals surface area contributed by atoms with Gasteiger partial charge in [-0.3, -0.25) is 9.52 Å². The molecule has 0 saturated heterocycles. The summed E-state index contributed by atoms with van der Waals surface area (Å²) in [6, 6.07) is 13.4. The van der Waals surface area contributed by atoms with E-state index in [-0.39, 0.29) is 15.7 Å². The fourth-order valence-electron chi connectivity index (χ4n) is 2.25. The van der Waals surface area contributed by atoms with Gasteiger partial charge in [0.15, 0.2) is 5.13 Å². The third kappa shape index (κ3) is 4.44. The number of carbonyl (C=O) groups is 1. The van der Waals surface area contributed by atoms with E-state index in [1.165, 1.54) is 24.6 Å². The number of methoxy groups -OCH3 is 1. The molecule has 0 spiro atoms. The van der Waals surface area contributed by atoms with Crippen LogP contribution in [-0.4, -0.2) is 26.4 Å². The summed E-state index contributed by atoms with van der Waals surface area (Å²) in [4.78, 5) is 16.6. The summed E-state index contributed by atoms with van der Waals surface area (Å²) in [5.41, 5.74) is 1.56. The van der Waals surface area contributed by atoms with Crippen molar-refractivity contribution in [3.63, 3.8) is 0 Å². The van der Waals surface area contributed by atoms with Gasteiger partial charge >= 0.3 is 0 Å². The molecule has 7 nitrogen and oxygen atoms in total. The second-order valence-electron chi connectivity index (χ2n) is 5.61. The zero-order chi connectivity index (χ0) is 19.4. The summed E-state index contributed by atoms with van der Waals surface area (Å²) in [6.07, 6.45) is 0. The number of anilines is 2. The molecule has 0 aliphatic carbocycles. The third-order valence-electron chi connectivity index (χ3n) is 3.64. The fraction of sp³-hybridized carbons (Fsp3) is 0.111. The molecular weight excluding hydrogens is 386 g/mol. The van der Waals surface area contributed by atoms with E-state index >= 15 is 0 Å². The summed E-state index contributed by atoms with van der Waals surface area (Å²) < 4.78 is 32.4. The van der Waals surface area contributed by atoms with Crippen LogP contribution < -0.4 is 14.8 Å². The molecule has 0 aliphatic rings. The number of rotatable bonds is 6. The Morgan fingerprint density at radius 2 is 1.81 bits per heavy atom. The normalized spacial score (nSPS) is 11.0. The number of sulfonamides is 1. The van der Waals surface area contributed by atoms with Crippen LogP contribution in [0.4, 0.5) is 10.8 Å². The summed E-state index contributed by atoms with van der Waals surface area (Å²) in [7, 11) is -2.26. The maximum Gasteiger partial charge on any atom is 0.275 e. The first-order valence-corrected chi connectivity index (χ1v) is 10.2. The van der Waals surface area contributed by atoms with E-state index in [9.17, 15) is 13.2 Å². The van der Waals surface area contributed by atoms with Crippen molar-refractivity contribution in [2.24, 2.45) is 0 Å². The molecule has 0 fully saturated rings. The predicted octanol–water partition coefficient (Wildman–Crippen LogP) is 3.51. The monoisotopic (exact) mass is 403 g/mol. The minimum Gasteiger partial charge on any atom is -0.495 e. The van der Waals surface area contributed by atoms with Gasteiger partial charge in [-0.25, -0.2) is 13.4 Å². The zero-order valence-electron chi connectivity index (χ0n) is 14.6. The number of nitrogens with one attached hydrogen (secondary N) is 2. The number of aromatic nitrogens is 1. The number of hydrogen-bond acceptors (Lipinski definition) is 6. The first-order chi connectivity index (χ1) is 12.9. The number of ether oxygens (including phenoxy) is 1. The smallest absolute Gasteiger partial charge is 0.275 e. The molecule has 0 atom stereocenters. The van der Waals surface area contributed by atoms with Gasteiger partial charge < -0.3 is 10.1 Å². The van der Waals surface area contributed by atoms with Crippen molar-refractivity contribution in [2.45, 2.75) is 11.8 Å². The number of nitrogens with zero attached hydrogens (tertiary/aromatic N) is 1. The van der Waals surface area contributed by atoms with Gasteiger partial charge in [0.25, 0.3) is 15.9 Å². The Hall–Kier alpha value is -2.91. The number of hydrogen-bond donors (Lipinski definition) is 2. The molecule has 140 valence electrons. The Morgan fingerprint density at radius 3 is 2.52 bits per heavy atom. The fourth-order valence-corrected chi connectivity index (χ4v) is 4.19. The van der Waals surface area contributed by atoms with Crippen LogP contribution in [0.1, 0.15) is 16.1 Å². The zero-order valence-corrected chi connectivity index (χ0v) is 16.2. The Balaban J connectivity index is 1.74. The predicted molar refractivity (Wildman–Crippen MR) is 105 cm³/mol. The molecule has 0 saturated carbocycles. The van der Waals surface area contributed by atoms with Crippen molar-refractivity contribution in [1.82, 2.24) is 4.98 Å². The van der Waals surface area contributed by atoms with Gasteiger partial charge in [-0.05, 0) is 31.2 Å². The first kappa shape index (κ1) is 18.9. The van der Waals surface area contributed by atoms with E-state index < -0.39 is 15.9 Å². The van der Waals surface area contributed by atoms with Gasteiger partial charge in [-0.2, -0.15) is 0 Å². The van der Waals surface area contributed by atoms with E-state index in [0.717, 1.165) is 16.9 Å². The lowest BCUT2D eigenvalue weighted by Crippen LogP contribution is -2.15. The lowest BCUT2D eigenvalue weighted by atomic mass is 10.2.